The van der Waals surface area contributed by atoms with Gasteiger partial charge in [-0.05, 0) is 30.5 Å². The lowest BCUT2D eigenvalue weighted by molar-refractivity contribution is 0.316. The molecule has 0 radical (unpaired) electrons. The number of hydrogen-bond acceptors (Lipinski definition) is 3. The molecule has 0 saturated carbocycles. The van der Waals surface area contributed by atoms with Crippen molar-refractivity contribution >= 4 is 11.3 Å². The summed E-state index contributed by atoms with van der Waals surface area (Å²) in [6.07, 6.45) is 0.979. The van der Waals surface area contributed by atoms with Crippen molar-refractivity contribution < 1.29 is 4.74 Å². The van der Waals surface area contributed by atoms with E-state index in [2.05, 4.69) is 54.9 Å². The summed E-state index contributed by atoms with van der Waals surface area (Å²) in [5.74, 6) is 1.04. The lowest BCUT2D eigenvalue weighted by atomic mass is 10.1. The molecule has 19 heavy (non-hydrogen) atoms. The second-order valence-electron chi connectivity index (χ2n) is 4.52. The van der Waals surface area contributed by atoms with Gasteiger partial charge < -0.3 is 10.1 Å². The van der Waals surface area contributed by atoms with Gasteiger partial charge >= 0.3 is 0 Å². The van der Waals surface area contributed by atoms with Crippen LogP contribution >= 0.6 is 11.3 Å². The minimum Gasteiger partial charge on any atom is -0.493 e. The molecule has 1 aromatic heterocycles. The van der Waals surface area contributed by atoms with E-state index in [9.17, 15) is 0 Å². The molecule has 1 N–H and O–H groups in total. The van der Waals surface area contributed by atoms with Gasteiger partial charge in [-0.15, -0.1) is 11.3 Å². The Bertz CT molecular complexity index is 493. The number of para-hydroxylation sites is 1. The van der Waals surface area contributed by atoms with E-state index in [-0.39, 0.29) is 0 Å². The van der Waals surface area contributed by atoms with E-state index in [0.717, 1.165) is 31.9 Å². The Balaban J connectivity index is 1.97. The van der Waals surface area contributed by atoms with E-state index in [0.29, 0.717) is 0 Å². The van der Waals surface area contributed by atoms with Crippen molar-refractivity contribution in [3.63, 3.8) is 0 Å². The van der Waals surface area contributed by atoms with Gasteiger partial charge in [-0.25, -0.2) is 0 Å². The van der Waals surface area contributed by atoms with Crippen molar-refractivity contribution in [2.75, 3.05) is 13.2 Å². The normalized spacial score (nSPS) is 10.6. The fourth-order valence-corrected chi connectivity index (χ4v) is 2.72. The highest BCUT2D eigenvalue weighted by atomic mass is 32.1. The first kappa shape index (κ1) is 14.1. The SMILES string of the molecule is CCNCc1cccc(C)c1OCCc1cccs1. The third-order valence-corrected chi connectivity index (χ3v) is 3.97. The van der Waals surface area contributed by atoms with Crippen LogP contribution in [0, 0.1) is 6.92 Å². The number of aryl methyl sites for hydroxylation is 1. The number of hydrogen-bond donors (Lipinski definition) is 1. The standard InChI is InChI=1S/C16H21NOS/c1-3-17-12-14-7-4-6-13(2)16(14)18-10-9-15-8-5-11-19-15/h4-8,11,17H,3,9-10,12H2,1-2H3. The van der Waals surface area contributed by atoms with Crippen LogP contribution in [0.15, 0.2) is 35.7 Å². The first-order valence-corrected chi connectivity index (χ1v) is 7.63. The predicted octanol–water partition coefficient (Wildman–Crippen LogP) is 3.79. The van der Waals surface area contributed by atoms with Crippen LogP contribution in [0.4, 0.5) is 0 Å². The van der Waals surface area contributed by atoms with Crippen molar-refractivity contribution in [2.24, 2.45) is 0 Å². The highest BCUT2D eigenvalue weighted by Gasteiger charge is 2.06. The van der Waals surface area contributed by atoms with Crippen molar-refractivity contribution in [1.82, 2.24) is 5.32 Å². The molecular weight excluding hydrogens is 254 g/mol. The van der Waals surface area contributed by atoms with Gasteiger partial charge in [-0.3, -0.25) is 0 Å². The number of rotatable bonds is 7. The van der Waals surface area contributed by atoms with Gasteiger partial charge in [-0.1, -0.05) is 31.2 Å². The quantitative estimate of drug-likeness (QED) is 0.830. The molecule has 0 atom stereocenters. The molecule has 0 aliphatic heterocycles. The van der Waals surface area contributed by atoms with Gasteiger partial charge in [0.25, 0.3) is 0 Å². The molecule has 0 unspecified atom stereocenters. The molecule has 0 fully saturated rings. The fraction of sp³-hybridized carbons (Fsp3) is 0.375. The van der Waals surface area contributed by atoms with Crippen LogP contribution in [-0.4, -0.2) is 13.2 Å². The Labute approximate surface area is 119 Å². The molecule has 0 saturated heterocycles. The van der Waals surface area contributed by atoms with E-state index in [1.54, 1.807) is 11.3 Å². The monoisotopic (exact) mass is 275 g/mol. The summed E-state index contributed by atoms with van der Waals surface area (Å²) in [4.78, 5) is 1.38. The number of nitrogens with one attached hydrogen (secondary N) is 1. The molecule has 0 aliphatic carbocycles. The Morgan fingerprint density at radius 3 is 2.84 bits per heavy atom. The topological polar surface area (TPSA) is 21.3 Å². The van der Waals surface area contributed by atoms with Crippen molar-refractivity contribution in [3.05, 3.63) is 51.7 Å². The third-order valence-electron chi connectivity index (χ3n) is 3.03. The van der Waals surface area contributed by atoms with Crippen molar-refractivity contribution in [2.45, 2.75) is 26.8 Å². The zero-order valence-electron chi connectivity index (χ0n) is 11.6. The molecule has 102 valence electrons. The van der Waals surface area contributed by atoms with Crippen LogP contribution in [0.1, 0.15) is 22.9 Å². The van der Waals surface area contributed by atoms with E-state index in [1.807, 2.05) is 0 Å². The van der Waals surface area contributed by atoms with Crippen molar-refractivity contribution in [1.29, 1.82) is 0 Å². The third kappa shape index (κ3) is 4.08. The molecule has 2 nitrogen and oxygen atoms in total. The Morgan fingerprint density at radius 2 is 2.11 bits per heavy atom. The predicted molar refractivity (Wildman–Crippen MR) is 82.1 cm³/mol. The van der Waals surface area contributed by atoms with Gasteiger partial charge in [-0.2, -0.15) is 0 Å². The zero-order chi connectivity index (χ0) is 13.5. The van der Waals surface area contributed by atoms with Gasteiger partial charge in [0.1, 0.15) is 5.75 Å². The first-order chi connectivity index (χ1) is 9.31. The summed E-state index contributed by atoms with van der Waals surface area (Å²) in [5, 5.41) is 5.47. The van der Waals surface area contributed by atoms with Gasteiger partial charge in [0.15, 0.2) is 0 Å². The average Bonchev–Trinajstić information content (AvgIpc) is 2.92. The lowest BCUT2D eigenvalue weighted by Gasteiger charge is -2.14. The number of thiophene rings is 1. The summed E-state index contributed by atoms with van der Waals surface area (Å²) in [6.45, 7) is 6.81. The lowest BCUT2D eigenvalue weighted by Crippen LogP contribution is -2.13. The van der Waals surface area contributed by atoms with Crippen LogP contribution in [0.25, 0.3) is 0 Å². The summed E-state index contributed by atoms with van der Waals surface area (Å²) in [6, 6.07) is 10.6. The molecule has 0 aliphatic rings. The Hall–Kier alpha value is -1.32. The molecule has 0 amide bonds. The van der Waals surface area contributed by atoms with Crippen LogP contribution in [0.5, 0.6) is 5.75 Å². The van der Waals surface area contributed by atoms with E-state index < -0.39 is 0 Å². The minimum absolute atomic E-state index is 0.741. The van der Waals surface area contributed by atoms with Crippen LogP contribution in [-0.2, 0) is 13.0 Å². The first-order valence-electron chi connectivity index (χ1n) is 6.75. The molecule has 0 spiro atoms. The maximum atomic E-state index is 6.00. The largest absolute Gasteiger partial charge is 0.493 e. The molecule has 2 rings (SSSR count). The smallest absolute Gasteiger partial charge is 0.126 e. The highest BCUT2D eigenvalue weighted by Crippen LogP contribution is 2.23. The highest BCUT2D eigenvalue weighted by molar-refractivity contribution is 7.09. The summed E-state index contributed by atoms with van der Waals surface area (Å²) in [5.41, 5.74) is 2.45. The Kier molecular flexibility index (Phi) is 5.43. The van der Waals surface area contributed by atoms with Crippen LogP contribution < -0.4 is 10.1 Å². The summed E-state index contributed by atoms with van der Waals surface area (Å²) >= 11 is 1.79. The van der Waals surface area contributed by atoms with E-state index in [4.69, 9.17) is 4.74 Å². The fourth-order valence-electron chi connectivity index (χ4n) is 2.03. The average molecular weight is 275 g/mol. The van der Waals surface area contributed by atoms with E-state index >= 15 is 0 Å². The van der Waals surface area contributed by atoms with Gasteiger partial charge in [0.2, 0.25) is 0 Å². The van der Waals surface area contributed by atoms with Crippen molar-refractivity contribution in [3.8, 4) is 5.75 Å². The second kappa shape index (κ2) is 7.31. The number of benzene rings is 1. The molecular formula is C16H21NOS. The Morgan fingerprint density at radius 1 is 1.21 bits per heavy atom. The summed E-state index contributed by atoms with van der Waals surface area (Å²) in [7, 11) is 0. The van der Waals surface area contributed by atoms with Crippen LogP contribution in [0.3, 0.4) is 0 Å². The van der Waals surface area contributed by atoms with Gasteiger partial charge in [0.05, 0.1) is 6.61 Å². The summed E-state index contributed by atoms with van der Waals surface area (Å²) < 4.78 is 6.00. The maximum absolute atomic E-state index is 6.00. The second-order valence-corrected chi connectivity index (χ2v) is 5.55. The van der Waals surface area contributed by atoms with Gasteiger partial charge in [0, 0.05) is 23.4 Å². The van der Waals surface area contributed by atoms with E-state index in [1.165, 1.54) is 16.0 Å². The molecule has 3 heteroatoms. The maximum Gasteiger partial charge on any atom is 0.126 e. The van der Waals surface area contributed by atoms with Crippen LogP contribution in [0.2, 0.25) is 0 Å². The minimum atomic E-state index is 0.741. The molecule has 1 aromatic carbocycles. The molecule has 1 heterocycles. The number of ether oxygens (including phenoxy) is 1. The molecule has 2 aromatic rings. The molecule has 0 bridgehead atoms. The zero-order valence-corrected chi connectivity index (χ0v) is 12.4.